The largest absolute Gasteiger partial charge is 0.449 e. The van der Waals surface area contributed by atoms with E-state index in [2.05, 4.69) is 0 Å². The molecule has 0 bridgehead atoms. The highest BCUT2D eigenvalue weighted by Crippen LogP contribution is 2.29. The minimum atomic E-state index is -0.286. The maximum Gasteiger partial charge on any atom is 0.418 e. The summed E-state index contributed by atoms with van der Waals surface area (Å²) in [6.07, 6.45) is 4.69. The molecule has 1 aromatic carbocycles. The number of rotatable bonds is 4. The average Bonchev–Trinajstić information content (AvgIpc) is 3.19. The fraction of sp³-hybridized carbons (Fsp3) is 0.400. The van der Waals surface area contributed by atoms with Crippen molar-refractivity contribution in [3.63, 3.8) is 0 Å². The number of benzene rings is 1. The molecule has 0 unspecified atom stereocenters. The zero-order valence-corrected chi connectivity index (χ0v) is 10.8. The number of nitrogens with zero attached hydrogens (tertiary/aromatic N) is 1. The van der Waals surface area contributed by atoms with Crippen LogP contribution in [-0.4, -0.2) is 23.8 Å². The number of nitrogens with two attached hydrogens (primary N) is 1. The number of hydrogen-bond acceptors (Lipinski definition) is 3. The topological polar surface area (TPSA) is 57.2 Å². The van der Waals surface area contributed by atoms with Gasteiger partial charge in [-0.25, -0.2) is 4.79 Å². The quantitative estimate of drug-likeness (QED) is 0.916. The molecule has 100 valence electrons. The van der Waals surface area contributed by atoms with Gasteiger partial charge in [0.1, 0.15) is 0 Å². The molecule has 1 saturated carbocycles. The Labute approximate surface area is 112 Å². The van der Waals surface area contributed by atoms with Crippen LogP contribution in [0, 0.1) is 5.92 Å². The third-order valence-corrected chi connectivity index (χ3v) is 3.54. The maximum atomic E-state index is 12.1. The Kier molecular flexibility index (Phi) is 3.25. The Morgan fingerprint density at radius 2 is 2.16 bits per heavy atom. The molecule has 0 amide bonds. The molecule has 0 aliphatic heterocycles. The number of aromatic nitrogens is 1. The molecule has 0 spiro atoms. The number of para-hydroxylation sites is 1. The fourth-order valence-electron chi connectivity index (χ4n) is 2.30. The van der Waals surface area contributed by atoms with Crippen molar-refractivity contribution in [2.24, 2.45) is 11.7 Å². The zero-order valence-electron chi connectivity index (χ0n) is 10.8. The zero-order chi connectivity index (χ0) is 13.2. The third-order valence-electron chi connectivity index (χ3n) is 3.54. The van der Waals surface area contributed by atoms with E-state index in [0.717, 1.165) is 22.9 Å². The van der Waals surface area contributed by atoms with Crippen LogP contribution >= 0.6 is 0 Å². The highest BCUT2D eigenvalue weighted by atomic mass is 16.5. The van der Waals surface area contributed by atoms with Gasteiger partial charge in [0.2, 0.25) is 0 Å². The smallest absolute Gasteiger partial charge is 0.418 e. The lowest BCUT2D eigenvalue weighted by molar-refractivity contribution is 0.144. The van der Waals surface area contributed by atoms with Gasteiger partial charge < -0.3 is 10.5 Å². The van der Waals surface area contributed by atoms with Crippen molar-refractivity contribution in [1.29, 1.82) is 0 Å². The van der Waals surface area contributed by atoms with Gasteiger partial charge >= 0.3 is 6.09 Å². The normalized spacial score (nSPS) is 14.8. The van der Waals surface area contributed by atoms with E-state index >= 15 is 0 Å². The number of fused-ring (bicyclic) bond motifs is 1. The van der Waals surface area contributed by atoms with Crippen molar-refractivity contribution in [2.75, 3.05) is 13.2 Å². The summed E-state index contributed by atoms with van der Waals surface area (Å²) >= 11 is 0. The first kappa shape index (κ1) is 12.2. The van der Waals surface area contributed by atoms with Gasteiger partial charge in [-0.15, -0.1) is 0 Å². The summed E-state index contributed by atoms with van der Waals surface area (Å²) in [6, 6.07) is 7.86. The van der Waals surface area contributed by atoms with Gasteiger partial charge in [-0.05, 0) is 43.4 Å². The van der Waals surface area contributed by atoms with Crippen molar-refractivity contribution in [2.45, 2.75) is 19.3 Å². The van der Waals surface area contributed by atoms with E-state index in [1.807, 2.05) is 30.5 Å². The molecule has 19 heavy (non-hydrogen) atoms. The SMILES string of the molecule is NCCc1cn(C(=O)OCC2CC2)c2ccccc12. The highest BCUT2D eigenvalue weighted by Gasteiger charge is 2.24. The summed E-state index contributed by atoms with van der Waals surface area (Å²) in [5, 5.41) is 1.08. The Morgan fingerprint density at radius 1 is 1.37 bits per heavy atom. The molecule has 1 fully saturated rings. The summed E-state index contributed by atoms with van der Waals surface area (Å²) in [4.78, 5) is 12.1. The van der Waals surface area contributed by atoms with Gasteiger partial charge in [-0.2, -0.15) is 0 Å². The van der Waals surface area contributed by atoms with Crippen LogP contribution in [0.3, 0.4) is 0 Å². The van der Waals surface area contributed by atoms with E-state index in [1.54, 1.807) is 4.57 Å². The minimum absolute atomic E-state index is 0.286. The van der Waals surface area contributed by atoms with Crippen LogP contribution in [0.15, 0.2) is 30.5 Å². The van der Waals surface area contributed by atoms with Crippen LogP contribution in [0.25, 0.3) is 10.9 Å². The van der Waals surface area contributed by atoms with E-state index in [1.165, 1.54) is 12.8 Å². The second-order valence-electron chi connectivity index (χ2n) is 5.10. The standard InChI is InChI=1S/C15H18N2O2/c16-8-7-12-9-17(14-4-2-1-3-13(12)14)15(18)19-10-11-5-6-11/h1-4,9,11H,5-8,10,16H2. The molecule has 4 nitrogen and oxygen atoms in total. The highest BCUT2D eigenvalue weighted by molar-refractivity contribution is 5.91. The molecule has 1 aliphatic rings. The minimum Gasteiger partial charge on any atom is -0.449 e. The average molecular weight is 258 g/mol. The van der Waals surface area contributed by atoms with Crippen LogP contribution < -0.4 is 5.73 Å². The first-order valence-corrected chi connectivity index (χ1v) is 6.75. The second kappa shape index (κ2) is 5.05. The molecule has 0 atom stereocenters. The Bertz CT molecular complexity index is 599. The van der Waals surface area contributed by atoms with Gasteiger partial charge in [-0.1, -0.05) is 18.2 Å². The molecule has 3 rings (SSSR count). The summed E-state index contributed by atoms with van der Waals surface area (Å²) in [5.41, 5.74) is 7.61. The van der Waals surface area contributed by atoms with Crippen molar-refractivity contribution in [1.82, 2.24) is 4.57 Å². The Balaban J connectivity index is 1.90. The summed E-state index contributed by atoms with van der Waals surface area (Å²) in [6.45, 7) is 1.11. The molecule has 0 radical (unpaired) electrons. The number of carbonyl (C=O) groups excluding carboxylic acids is 1. The van der Waals surface area contributed by atoms with E-state index < -0.39 is 0 Å². The molecule has 1 heterocycles. The fourth-order valence-corrected chi connectivity index (χ4v) is 2.30. The van der Waals surface area contributed by atoms with Crippen LogP contribution in [0.5, 0.6) is 0 Å². The molecule has 2 N–H and O–H groups in total. The van der Waals surface area contributed by atoms with Crippen LogP contribution in [0.4, 0.5) is 4.79 Å². The van der Waals surface area contributed by atoms with Crippen molar-refractivity contribution in [3.8, 4) is 0 Å². The predicted octanol–water partition coefficient (Wildman–Crippen LogP) is 2.54. The van der Waals surface area contributed by atoms with Gasteiger partial charge in [0.25, 0.3) is 0 Å². The molecule has 1 aromatic heterocycles. The lowest BCUT2D eigenvalue weighted by Crippen LogP contribution is -2.14. The molecule has 4 heteroatoms. The van der Waals surface area contributed by atoms with Crippen LogP contribution in [0.1, 0.15) is 18.4 Å². The van der Waals surface area contributed by atoms with E-state index in [4.69, 9.17) is 10.5 Å². The first-order valence-electron chi connectivity index (χ1n) is 6.75. The molecule has 0 saturated heterocycles. The van der Waals surface area contributed by atoms with Gasteiger partial charge in [-0.3, -0.25) is 4.57 Å². The molecule has 1 aliphatic carbocycles. The van der Waals surface area contributed by atoms with Gasteiger partial charge in [0, 0.05) is 11.6 Å². The lowest BCUT2D eigenvalue weighted by atomic mass is 10.1. The first-order chi connectivity index (χ1) is 9.29. The second-order valence-corrected chi connectivity index (χ2v) is 5.10. The molecular weight excluding hydrogens is 240 g/mol. The number of carbonyl (C=O) groups is 1. The van der Waals surface area contributed by atoms with Gasteiger partial charge in [0.15, 0.2) is 0 Å². The van der Waals surface area contributed by atoms with E-state index in [0.29, 0.717) is 19.1 Å². The Morgan fingerprint density at radius 3 is 2.89 bits per heavy atom. The monoisotopic (exact) mass is 258 g/mol. The van der Waals surface area contributed by atoms with E-state index in [9.17, 15) is 4.79 Å². The summed E-state index contributed by atoms with van der Waals surface area (Å²) in [5.74, 6) is 0.578. The van der Waals surface area contributed by atoms with Gasteiger partial charge in [0.05, 0.1) is 12.1 Å². The number of hydrogen-bond donors (Lipinski definition) is 1. The van der Waals surface area contributed by atoms with E-state index in [-0.39, 0.29) is 6.09 Å². The van der Waals surface area contributed by atoms with Crippen molar-refractivity contribution in [3.05, 3.63) is 36.0 Å². The van der Waals surface area contributed by atoms with Crippen molar-refractivity contribution >= 4 is 17.0 Å². The Hall–Kier alpha value is -1.81. The predicted molar refractivity (Wildman–Crippen MR) is 74.2 cm³/mol. The summed E-state index contributed by atoms with van der Waals surface area (Å²) < 4.78 is 6.94. The van der Waals surface area contributed by atoms with Crippen molar-refractivity contribution < 1.29 is 9.53 Å². The number of ether oxygens (including phenoxy) is 1. The summed E-state index contributed by atoms with van der Waals surface area (Å²) in [7, 11) is 0. The maximum absolute atomic E-state index is 12.1. The molecule has 2 aromatic rings. The van der Waals surface area contributed by atoms with Crippen LogP contribution in [0.2, 0.25) is 0 Å². The van der Waals surface area contributed by atoms with Crippen LogP contribution in [-0.2, 0) is 11.2 Å². The third kappa shape index (κ3) is 2.49. The lowest BCUT2D eigenvalue weighted by Gasteiger charge is -2.05. The molecular formula is C15H18N2O2.